The second kappa shape index (κ2) is 10.9. The number of hydrogen-bond acceptors (Lipinski definition) is 2. The van der Waals surface area contributed by atoms with E-state index in [1.165, 1.54) is 11.1 Å². The van der Waals surface area contributed by atoms with E-state index < -0.39 is 0 Å². The molecular weight excluding hydrogens is 429 g/mol. The summed E-state index contributed by atoms with van der Waals surface area (Å²) in [5, 5.41) is 11.6. The van der Waals surface area contributed by atoms with Crippen molar-refractivity contribution < 1.29 is 0 Å². The average Bonchev–Trinajstić information content (AvgIpc) is 2.98. The lowest BCUT2D eigenvalue weighted by Gasteiger charge is -2.11. The fourth-order valence-electron chi connectivity index (χ4n) is 1.91. The van der Waals surface area contributed by atoms with Gasteiger partial charge in [0, 0.05) is 18.1 Å². The number of rotatable bonds is 6. The second-order valence-electron chi connectivity index (χ2n) is 4.63. The molecular formula is C16H21ClIN3S. The maximum atomic E-state index is 5.99. The van der Waals surface area contributed by atoms with Crippen LogP contribution >= 0.6 is 46.9 Å². The lowest BCUT2D eigenvalue weighted by Crippen LogP contribution is -2.38. The molecule has 0 amide bonds. The Morgan fingerprint density at radius 3 is 2.77 bits per heavy atom. The number of benzene rings is 1. The van der Waals surface area contributed by atoms with Gasteiger partial charge in [-0.15, -0.1) is 24.0 Å². The Kier molecular flexibility index (Phi) is 9.50. The predicted octanol–water partition coefficient (Wildman–Crippen LogP) is 4.32. The molecule has 6 heteroatoms. The zero-order valence-electron chi connectivity index (χ0n) is 12.5. The zero-order valence-corrected chi connectivity index (χ0v) is 16.4. The highest BCUT2D eigenvalue weighted by Crippen LogP contribution is 2.10. The molecule has 0 unspecified atom stereocenters. The highest BCUT2D eigenvalue weighted by atomic mass is 127. The number of guanidine groups is 1. The van der Waals surface area contributed by atoms with Gasteiger partial charge in [0.05, 0.1) is 6.54 Å². The number of hydrogen-bond donors (Lipinski definition) is 2. The van der Waals surface area contributed by atoms with Gasteiger partial charge >= 0.3 is 0 Å². The first-order chi connectivity index (χ1) is 10.3. The van der Waals surface area contributed by atoms with Gasteiger partial charge < -0.3 is 10.6 Å². The summed E-state index contributed by atoms with van der Waals surface area (Å²) in [6.07, 6.45) is 0.920. The standard InChI is InChI=1S/C16H20ClN3S.HI/c1-2-18-16(20-11-14-7-9-21-12-14)19-8-6-13-4-3-5-15(17)10-13;/h3-5,7,9-10,12H,2,6,8,11H2,1H3,(H2,18,19,20);1H. The fourth-order valence-corrected chi connectivity index (χ4v) is 2.79. The van der Waals surface area contributed by atoms with E-state index in [4.69, 9.17) is 11.6 Å². The molecule has 0 bridgehead atoms. The Balaban J connectivity index is 0.00000242. The number of halogens is 2. The molecule has 0 spiro atoms. The van der Waals surface area contributed by atoms with Gasteiger partial charge in [-0.3, -0.25) is 0 Å². The number of nitrogens with zero attached hydrogens (tertiary/aromatic N) is 1. The summed E-state index contributed by atoms with van der Waals surface area (Å²) in [6.45, 7) is 4.46. The average molecular weight is 450 g/mol. The summed E-state index contributed by atoms with van der Waals surface area (Å²) >= 11 is 7.69. The lowest BCUT2D eigenvalue weighted by atomic mass is 10.1. The van der Waals surface area contributed by atoms with Gasteiger partial charge in [0.15, 0.2) is 5.96 Å². The summed E-state index contributed by atoms with van der Waals surface area (Å²) in [7, 11) is 0. The first kappa shape index (κ1) is 19.3. The van der Waals surface area contributed by atoms with Crippen molar-refractivity contribution in [3.63, 3.8) is 0 Å². The number of aliphatic imine (C=N–C) groups is 1. The van der Waals surface area contributed by atoms with Crippen LogP contribution in [0.2, 0.25) is 5.02 Å². The molecule has 1 aromatic carbocycles. The van der Waals surface area contributed by atoms with Crippen molar-refractivity contribution in [1.29, 1.82) is 0 Å². The monoisotopic (exact) mass is 449 g/mol. The molecule has 1 aromatic heterocycles. The molecule has 22 heavy (non-hydrogen) atoms. The molecule has 0 saturated carbocycles. The van der Waals surface area contributed by atoms with Crippen molar-refractivity contribution in [3.05, 3.63) is 57.2 Å². The van der Waals surface area contributed by atoms with Crippen LogP contribution in [0.15, 0.2) is 46.1 Å². The Bertz CT molecular complexity index is 573. The summed E-state index contributed by atoms with van der Waals surface area (Å²) in [4.78, 5) is 4.58. The third-order valence-corrected chi connectivity index (χ3v) is 3.91. The third kappa shape index (κ3) is 6.98. The highest BCUT2D eigenvalue weighted by molar-refractivity contribution is 14.0. The van der Waals surface area contributed by atoms with E-state index in [1.54, 1.807) is 11.3 Å². The van der Waals surface area contributed by atoms with E-state index in [0.717, 1.165) is 30.5 Å². The summed E-state index contributed by atoms with van der Waals surface area (Å²) in [6, 6.07) is 10.1. The van der Waals surface area contributed by atoms with Crippen LogP contribution in [0.4, 0.5) is 0 Å². The van der Waals surface area contributed by atoms with Gasteiger partial charge in [-0.2, -0.15) is 11.3 Å². The summed E-state index contributed by atoms with van der Waals surface area (Å²) in [5.74, 6) is 0.853. The first-order valence-electron chi connectivity index (χ1n) is 7.05. The van der Waals surface area contributed by atoms with Gasteiger partial charge in [-0.05, 0) is 53.4 Å². The molecule has 2 aromatic rings. The minimum atomic E-state index is 0. The van der Waals surface area contributed by atoms with Gasteiger partial charge in [0.2, 0.25) is 0 Å². The molecule has 0 radical (unpaired) electrons. The van der Waals surface area contributed by atoms with Gasteiger partial charge in [-0.1, -0.05) is 23.7 Å². The van der Waals surface area contributed by atoms with Crippen molar-refractivity contribution in [2.45, 2.75) is 19.9 Å². The molecule has 0 aliphatic heterocycles. The highest BCUT2D eigenvalue weighted by Gasteiger charge is 1.99. The molecule has 0 saturated heterocycles. The molecule has 2 rings (SSSR count). The van der Waals surface area contributed by atoms with Gasteiger partial charge in [-0.25, -0.2) is 4.99 Å². The van der Waals surface area contributed by atoms with Crippen LogP contribution in [0.5, 0.6) is 0 Å². The molecule has 0 aliphatic rings. The molecule has 0 atom stereocenters. The number of nitrogens with one attached hydrogen (secondary N) is 2. The second-order valence-corrected chi connectivity index (χ2v) is 5.85. The molecule has 3 nitrogen and oxygen atoms in total. The molecule has 0 aliphatic carbocycles. The van der Waals surface area contributed by atoms with Crippen molar-refractivity contribution >= 4 is 52.9 Å². The Morgan fingerprint density at radius 1 is 1.23 bits per heavy atom. The Labute approximate surface area is 158 Å². The largest absolute Gasteiger partial charge is 0.357 e. The van der Waals surface area contributed by atoms with Gasteiger partial charge in [0.25, 0.3) is 0 Å². The summed E-state index contributed by atoms with van der Waals surface area (Å²) < 4.78 is 0. The van der Waals surface area contributed by atoms with Crippen LogP contribution < -0.4 is 10.6 Å². The van der Waals surface area contributed by atoms with E-state index in [2.05, 4.69) is 45.4 Å². The quantitative estimate of drug-likeness (QED) is 0.391. The van der Waals surface area contributed by atoms with Crippen LogP contribution in [0.3, 0.4) is 0 Å². The topological polar surface area (TPSA) is 36.4 Å². The van der Waals surface area contributed by atoms with Crippen molar-refractivity contribution in [1.82, 2.24) is 10.6 Å². The van der Waals surface area contributed by atoms with E-state index >= 15 is 0 Å². The molecule has 0 fully saturated rings. The first-order valence-corrected chi connectivity index (χ1v) is 8.37. The zero-order chi connectivity index (χ0) is 14.9. The van der Waals surface area contributed by atoms with Crippen molar-refractivity contribution in [2.75, 3.05) is 13.1 Å². The molecule has 2 N–H and O–H groups in total. The predicted molar refractivity (Wildman–Crippen MR) is 108 cm³/mol. The van der Waals surface area contributed by atoms with Crippen LogP contribution in [0.25, 0.3) is 0 Å². The third-order valence-electron chi connectivity index (χ3n) is 2.94. The maximum absolute atomic E-state index is 5.99. The van der Waals surface area contributed by atoms with Crippen molar-refractivity contribution in [3.8, 4) is 0 Å². The van der Waals surface area contributed by atoms with Crippen LogP contribution in [-0.2, 0) is 13.0 Å². The van der Waals surface area contributed by atoms with E-state index in [-0.39, 0.29) is 24.0 Å². The molecule has 120 valence electrons. The molecule has 1 heterocycles. The smallest absolute Gasteiger partial charge is 0.191 e. The fraction of sp³-hybridized carbons (Fsp3) is 0.312. The SMILES string of the molecule is CCNC(=NCc1ccsc1)NCCc1cccc(Cl)c1.I. The maximum Gasteiger partial charge on any atom is 0.191 e. The van der Waals surface area contributed by atoms with Crippen molar-refractivity contribution in [2.24, 2.45) is 4.99 Å². The lowest BCUT2D eigenvalue weighted by molar-refractivity contribution is 0.800. The Morgan fingerprint density at radius 2 is 2.09 bits per heavy atom. The van der Waals surface area contributed by atoms with Gasteiger partial charge in [0.1, 0.15) is 0 Å². The van der Waals surface area contributed by atoms with Crippen LogP contribution in [-0.4, -0.2) is 19.0 Å². The van der Waals surface area contributed by atoms with Crippen LogP contribution in [0.1, 0.15) is 18.1 Å². The van der Waals surface area contributed by atoms with E-state index in [1.807, 2.05) is 18.2 Å². The van der Waals surface area contributed by atoms with Crippen LogP contribution in [0, 0.1) is 0 Å². The number of thiophene rings is 1. The minimum absolute atomic E-state index is 0. The van der Waals surface area contributed by atoms with E-state index in [0.29, 0.717) is 6.54 Å². The van der Waals surface area contributed by atoms with E-state index in [9.17, 15) is 0 Å². The minimum Gasteiger partial charge on any atom is -0.357 e. The normalized spacial score (nSPS) is 10.9. The Hall–Kier alpha value is -0.790. The summed E-state index contributed by atoms with van der Waals surface area (Å²) in [5.41, 5.74) is 2.47.